The third-order valence-electron chi connectivity index (χ3n) is 3.93. The Morgan fingerprint density at radius 1 is 1.30 bits per heavy atom. The molecule has 1 aromatic rings. The maximum Gasteiger partial charge on any atom is 0.191 e. The minimum atomic E-state index is -0.111. The highest BCUT2D eigenvalue weighted by Crippen LogP contribution is 2.41. The van der Waals surface area contributed by atoms with Gasteiger partial charge < -0.3 is 15.4 Å². The van der Waals surface area contributed by atoms with Crippen molar-refractivity contribution >= 4 is 5.96 Å². The minimum Gasteiger partial charge on any atom is -0.382 e. The molecule has 0 aliphatic heterocycles. The fourth-order valence-electron chi connectivity index (χ4n) is 2.62. The third kappa shape index (κ3) is 5.82. The summed E-state index contributed by atoms with van der Waals surface area (Å²) in [7, 11) is 0. The van der Waals surface area contributed by atoms with Crippen LogP contribution in [-0.2, 0) is 4.74 Å². The number of unbranched alkanes of at least 4 members (excludes halogenated alkanes) is 1. The van der Waals surface area contributed by atoms with E-state index < -0.39 is 0 Å². The quantitative estimate of drug-likeness (QED) is 0.417. The predicted octanol–water partition coefficient (Wildman–Crippen LogP) is 3.05. The van der Waals surface area contributed by atoms with E-state index in [1.807, 2.05) is 26.0 Å². The number of nitrogens with one attached hydrogen (secondary N) is 2. The number of halogens is 1. The van der Waals surface area contributed by atoms with E-state index in [1.165, 1.54) is 6.07 Å². The van der Waals surface area contributed by atoms with Crippen LogP contribution >= 0.6 is 0 Å². The lowest BCUT2D eigenvalue weighted by Crippen LogP contribution is -2.39. The summed E-state index contributed by atoms with van der Waals surface area (Å²) in [5.41, 5.74) is 0.803. The van der Waals surface area contributed by atoms with E-state index in [4.69, 9.17) is 4.74 Å². The van der Waals surface area contributed by atoms with Gasteiger partial charge in [0, 0.05) is 38.3 Å². The number of hydrogen-bond donors (Lipinski definition) is 2. The van der Waals surface area contributed by atoms with Crippen molar-refractivity contribution in [3.8, 4) is 0 Å². The molecule has 0 radical (unpaired) electrons. The van der Waals surface area contributed by atoms with Gasteiger partial charge >= 0.3 is 0 Å². The van der Waals surface area contributed by atoms with Crippen LogP contribution in [0.1, 0.15) is 44.6 Å². The van der Waals surface area contributed by atoms with Crippen LogP contribution in [-0.4, -0.2) is 38.3 Å². The molecule has 128 valence electrons. The average Bonchev–Trinajstić information content (AvgIpc) is 3.30. The lowest BCUT2D eigenvalue weighted by Gasteiger charge is -2.11. The molecule has 1 aliphatic rings. The molecule has 2 unspecified atom stereocenters. The number of guanidine groups is 1. The first-order valence-electron chi connectivity index (χ1n) is 8.63. The van der Waals surface area contributed by atoms with E-state index in [1.54, 1.807) is 6.07 Å². The van der Waals surface area contributed by atoms with E-state index >= 15 is 0 Å². The van der Waals surface area contributed by atoms with Crippen molar-refractivity contribution < 1.29 is 9.13 Å². The molecule has 4 nitrogen and oxygen atoms in total. The Labute approximate surface area is 138 Å². The Hall–Kier alpha value is -1.62. The molecule has 2 rings (SSSR count). The number of benzene rings is 1. The first kappa shape index (κ1) is 17.7. The Morgan fingerprint density at radius 3 is 2.87 bits per heavy atom. The number of ether oxygens (including phenoxy) is 1. The summed E-state index contributed by atoms with van der Waals surface area (Å²) in [4.78, 5) is 4.59. The molecule has 0 aromatic heterocycles. The summed E-state index contributed by atoms with van der Waals surface area (Å²) in [5.74, 6) is 0.963. The predicted molar refractivity (Wildman–Crippen MR) is 92.4 cm³/mol. The van der Waals surface area contributed by atoms with Gasteiger partial charge in [0.15, 0.2) is 5.96 Å². The van der Waals surface area contributed by atoms with Gasteiger partial charge in [-0.25, -0.2) is 4.39 Å². The normalized spacial score (nSPS) is 20.4. The maximum absolute atomic E-state index is 13.8. The second-order valence-electron chi connectivity index (χ2n) is 5.78. The van der Waals surface area contributed by atoms with E-state index in [-0.39, 0.29) is 17.8 Å². The first-order chi connectivity index (χ1) is 11.3. The molecule has 1 fully saturated rings. The van der Waals surface area contributed by atoms with Gasteiger partial charge in [0.2, 0.25) is 0 Å². The summed E-state index contributed by atoms with van der Waals surface area (Å²) >= 11 is 0. The van der Waals surface area contributed by atoms with Gasteiger partial charge in [-0.1, -0.05) is 18.2 Å². The van der Waals surface area contributed by atoms with Gasteiger partial charge in [-0.15, -0.1) is 0 Å². The van der Waals surface area contributed by atoms with Gasteiger partial charge in [-0.05, 0) is 44.7 Å². The average molecular weight is 321 g/mol. The van der Waals surface area contributed by atoms with E-state index in [9.17, 15) is 4.39 Å². The van der Waals surface area contributed by atoms with Crippen LogP contribution in [0.4, 0.5) is 4.39 Å². The highest BCUT2D eigenvalue weighted by atomic mass is 19.1. The fourth-order valence-corrected chi connectivity index (χ4v) is 2.62. The molecule has 0 bridgehead atoms. The van der Waals surface area contributed by atoms with E-state index in [0.29, 0.717) is 0 Å². The zero-order chi connectivity index (χ0) is 16.5. The van der Waals surface area contributed by atoms with E-state index in [2.05, 4.69) is 15.6 Å². The van der Waals surface area contributed by atoms with E-state index in [0.717, 1.165) is 57.1 Å². The molecule has 2 atom stereocenters. The summed E-state index contributed by atoms with van der Waals surface area (Å²) in [6.45, 7) is 7.22. The SMILES string of the molecule is CCNC(=NCCCCOCC)NC1CC1c1ccccc1F. The largest absolute Gasteiger partial charge is 0.382 e. The van der Waals surface area contributed by atoms with Crippen molar-refractivity contribution in [3.63, 3.8) is 0 Å². The third-order valence-corrected chi connectivity index (χ3v) is 3.93. The highest BCUT2D eigenvalue weighted by molar-refractivity contribution is 5.80. The van der Waals surface area contributed by atoms with Crippen molar-refractivity contribution in [2.24, 2.45) is 4.99 Å². The Kier molecular flexibility index (Phi) is 7.33. The van der Waals surface area contributed by atoms with Gasteiger partial charge in [0.1, 0.15) is 5.82 Å². The molecule has 0 amide bonds. The molecule has 1 saturated carbocycles. The van der Waals surface area contributed by atoms with Crippen LogP contribution < -0.4 is 10.6 Å². The Balaban J connectivity index is 1.78. The second-order valence-corrected chi connectivity index (χ2v) is 5.78. The van der Waals surface area contributed by atoms with Crippen molar-refractivity contribution in [1.29, 1.82) is 0 Å². The van der Waals surface area contributed by atoms with Gasteiger partial charge in [0.05, 0.1) is 0 Å². The van der Waals surface area contributed by atoms with Gasteiger partial charge in [0.25, 0.3) is 0 Å². The van der Waals surface area contributed by atoms with Crippen LogP contribution in [0.2, 0.25) is 0 Å². The molecule has 0 spiro atoms. The fraction of sp³-hybridized carbons (Fsp3) is 0.611. The van der Waals surface area contributed by atoms with Crippen LogP contribution in [0.5, 0.6) is 0 Å². The number of aliphatic imine (C=N–C) groups is 1. The molecule has 5 heteroatoms. The molecule has 23 heavy (non-hydrogen) atoms. The van der Waals surface area contributed by atoms with Crippen molar-refractivity contribution in [2.75, 3.05) is 26.3 Å². The zero-order valence-electron chi connectivity index (χ0n) is 14.1. The number of nitrogens with zero attached hydrogens (tertiary/aromatic N) is 1. The minimum absolute atomic E-state index is 0.111. The molecule has 0 saturated heterocycles. The Bertz CT molecular complexity index is 507. The molecular weight excluding hydrogens is 293 g/mol. The van der Waals surface area contributed by atoms with Crippen LogP contribution in [0, 0.1) is 5.82 Å². The smallest absolute Gasteiger partial charge is 0.191 e. The van der Waals surface area contributed by atoms with Gasteiger partial charge in [-0.3, -0.25) is 4.99 Å². The highest BCUT2D eigenvalue weighted by Gasteiger charge is 2.40. The van der Waals surface area contributed by atoms with Crippen LogP contribution in [0.15, 0.2) is 29.3 Å². The van der Waals surface area contributed by atoms with Crippen LogP contribution in [0.25, 0.3) is 0 Å². The molecule has 1 aromatic carbocycles. The second kappa shape index (κ2) is 9.50. The molecule has 2 N–H and O–H groups in total. The van der Waals surface area contributed by atoms with Gasteiger partial charge in [-0.2, -0.15) is 0 Å². The summed E-state index contributed by atoms with van der Waals surface area (Å²) in [6.07, 6.45) is 2.99. The van der Waals surface area contributed by atoms with Crippen molar-refractivity contribution in [2.45, 2.75) is 45.1 Å². The van der Waals surface area contributed by atoms with Crippen LogP contribution in [0.3, 0.4) is 0 Å². The molecule has 1 aliphatic carbocycles. The summed E-state index contributed by atoms with van der Waals surface area (Å²) in [5, 5.41) is 6.67. The summed E-state index contributed by atoms with van der Waals surface area (Å²) < 4.78 is 19.1. The monoisotopic (exact) mass is 321 g/mol. The van der Waals surface area contributed by atoms with Crippen molar-refractivity contribution in [1.82, 2.24) is 10.6 Å². The molecule has 0 heterocycles. The first-order valence-corrected chi connectivity index (χ1v) is 8.63. The number of hydrogen-bond acceptors (Lipinski definition) is 2. The maximum atomic E-state index is 13.8. The topological polar surface area (TPSA) is 45.7 Å². The Morgan fingerprint density at radius 2 is 2.13 bits per heavy atom. The lowest BCUT2D eigenvalue weighted by atomic mass is 10.1. The molecular formula is C18H28FN3O. The lowest BCUT2D eigenvalue weighted by molar-refractivity contribution is 0.144. The van der Waals surface area contributed by atoms with Crippen molar-refractivity contribution in [3.05, 3.63) is 35.6 Å². The summed E-state index contributed by atoms with van der Waals surface area (Å²) in [6, 6.07) is 7.30. The zero-order valence-corrected chi connectivity index (χ0v) is 14.1. The number of rotatable bonds is 9. The standard InChI is InChI=1S/C18H28FN3O/c1-3-20-18(21-11-7-8-12-23-4-2)22-17-13-15(17)14-9-5-6-10-16(14)19/h5-6,9-10,15,17H,3-4,7-8,11-13H2,1-2H3,(H2,20,21,22).